The topological polar surface area (TPSA) is 105 Å². The Labute approximate surface area is 154 Å². The largest absolute Gasteiger partial charge is 0.469 e. The standard InChI is InChI=1S/C19H17NO7/c1-3-13(19(22)25-2)14-8-16-17(27-10-26-16)9-15(14)18(21)11-4-6-12(7-5-11)20(23)24/h4-9,13H,3,10H2,1-2H3. The van der Waals surface area contributed by atoms with Gasteiger partial charge >= 0.3 is 5.97 Å². The van der Waals surface area contributed by atoms with Gasteiger partial charge in [-0.05, 0) is 36.2 Å². The van der Waals surface area contributed by atoms with Gasteiger partial charge < -0.3 is 14.2 Å². The Morgan fingerprint density at radius 1 is 1.19 bits per heavy atom. The average Bonchev–Trinajstić information content (AvgIpc) is 3.14. The highest BCUT2D eigenvalue weighted by atomic mass is 16.7. The summed E-state index contributed by atoms with van der Waals surface area (Å²) in [5.41, 5.74) is 0.890. The molecular formula is C19H17NO7. The minimum Gasteiger partial charge on any atom is -0.469 e. The number of nitro groups is 1. The zero-order valence-electron chi connectivity index (χ0n) is 14.8. The van der Waals surface area contributed by atoms with Gasteiger partial charge in [-0.3, -0.25) is 19.7 Å². The smallest absolute Gasteiger partial charge is 0.313 e. The van der Waals surface area contributed by atoms with Gasteiger partial charge in [0.2, 0.25) is 6.79 Å². The van der Waals surface area contributed by atoms with Crippen molar-refractivity contribution in [3.63, 3.8) is 0 Å². The highest BCUT2D eigenvalue weighted by molar-refractivity contribution is 6.11. The number of ketones is 1. The number of carbonyl (C=O) groups excluding carboxylic acids is 2. The molecule has 0 fully saturated rings. The van der Waals surface area contributed by atoms with Gasteiger partial charge in [0.15, 0.2) is 17.3 Å². The first-order chi connectivity index (χ1) is 13.0. The molecule has 0 amide bonds. The van der Waals surface area contributed by atoms with Crippen LogP contribution in [0.4, 0.5) is 5.69 Å². The lowest BCUT2D eigenvalue weighted by atomic mass is 9.88. The molecule has 8 heteroatoms. The summed E-state index contributed by atoms with van der Waals surface area (Å²) in [7, 11) is 1.29. The lowest BCUT2D eigenvalue weighted by Gasteiger charge is -2.17. The number of methoxy groups -OCH3 is 1. The van der Waals surface area contributed by atoms with Gasteiger partial charge in [0.1, 0.15) is 0 Å². The lowest BCUT2D eigenvalue weighted by molar-refractivity contribution is -0.384. The SMILES string of the molecule is CCC(C(=O)OC)c1cc2c(cc1C(=O)c1ccc([N+](=O)[O-])cc1)OCO2. The fraction of sp³-hybridized carbons (Fsp3) is 0.263. The molecule has 0 spiro atoms. The van der Waals surface area contributed by atoms with Crippen LogP contribution in [0.1, 0.15) is 40.7 Å². The number of nitro benzene ring substituents is 1. The molecule has 3 rings (SSSR count). The summed E-state index contributed by atoms with van der Waals surface area (Å²) in [6.45, 7) is 1.84. The number of non-ortho nitro benzene ring substituents is 1. The van der Waals surface area contributed by atoms with E-state index in [4.69, 9.17) is 14.2 Å². The van der Waals surface area contributed by atoms with Crippen LogP contribution in [0.15, 0.2) is 36.4 Å². The molecule has 8 nitrogen and oxygen atoms in total. The van der Waals surface area contributed by atoms with Crippen molar-refractivity contribution in [2.24, 2.45) is 0 Å². The second-order valence-corrected chi connectivity index (χ2v) is 5.91. The van der Waals surface area contributed by atoms with Crippen molar-refractivity contribution in [1.82, 2.24) is 0 Å². The molecule has 1 heterocycles. The number of fused-ring (bicyclic) bond motifs is 1. The molecule has 0 aromatic heterocycles. The summed E-state index contributed by atoms with van der Waals surface area (Å²) in [5, 5.41) is 10.8. The molecule has 1 unspecified atom stereocenters. The summed E-state index contributed by atoms with van der Waals surface area (Å²) in [4.78, 5) is 35.5. The van der Waals surface area contributed by atoms with E-state index in [9.17, 15) is 19.7 Å². The second kappa shape index (κ2) is 7.45. The van der Waals surface area contributed by atoms with Crippen molar-refractivity contribution >= 4 is 17.4 Å². The van der Waals surface area contributed by atoms with E-state index in [1.165, 1.54) is 37.4 Å². The number of carbonyl (C=O) groups is 2. The van der Waals surface area contributed by atoms with E-state index in [-0.39, 0.29) is 29.4 Å². The summed E-state index contributed by atoms with van der Waals surface area (Å²) in [6, 6.07) is 8.44. The Morgan fingerprint density at radius 3 is 2.37 bits per heavy atom. The maximum absolute atomic E-state index is 13.1. The maximum Gasteiger partial charge on any atom is 0.313 e. The predicted molar refractivity (Wildman–Crippen MR) is 94.1 cm³/mol. The highest BCUT2D eigenvalue weighted by Crippen LogP contribution is 2.39. The van der Waals surface area contributed by atoms with E-state index in [0.717, 1.165) is 0 Å². The van der Waals surface area contributed by atoms with Gasteiger partial charge in [0, 0.05) is 23.3 Å². The van der Waals surface area contributed by atoms with Crippen LogP contribution in [0, 0.1) is 10.1 Å². The van der Waals surface area contributed by atoms with Crippen molar-refractivity contribution in [3.8, 4) is 11.5 Å². The third kappa shape index (κ3) is 3.46. The maximum atomic E-state index is 13.1. The van der Waals surface area contributed by atoms with E-state index in [1.54, 1.807) is 6.07 Å². The van der Waals surface area contributed by atoms with Crippen LogP contribution in [0.5, 0.6) is 11.5 Å². The van der Waals surface area contributed by atoms with Crippen LogP contribution in [0.2, 0.25) is 0 Å². The Morgan fingerprint density at radius 2 is 1.81 bits per heavy atom. The molecule has 0 saturated heterocycles. The number of hydrogen-bond acceptors (Lipinski definition) is 7. The first-order valence-corrected chi connectivity index (χ1v) is 8.26. The van der Waals surface area contributed by atoms with Crippen LogP contribution < -0.4 is 9.47 Å². The van der Waals surface area contributed by atoms with Gasteiger partial charge in [-0.2, -0.15) is 0 Å². The molecule has 1 aliphatic rings. The molecule has 0 radical (unpaired) electrons. The van der Waals surface area contributed by atoms with E-state index in [1.807, 2.05) is 6.92 Å². The molecule has 140 valence electrons. The first kappa shape index (κ1) is 18.4. The zero-order chi connectivity index (χ0) is 19.6. The van der Waals surface area contributed by atoms with Crippen molar-refractivity contribution < 1.29 is 28.7 Å². The minimum atomic E-state index is -0.651. The van der Waals surface area contributed by atoms with Gasteiger partial charge in [0.25, 0.3) is 5.69 Å². The number of nitrogens with zero attached hydrogens (tertiary/aromatic N) is 1. The molecule has 0 bridgehead atoms. The summed E-state index contributed by atoms with van der Waals surface area (Å²) in [6.07, 6.45) is 0.423. The third-order valence-corrected chi connectivity index (χ3v) is 4.40. The number of rotatable bonds is 6. The monoisotopic (exact) mass is 371 g/mol. The molecule has 1 aliphatic heterocycles. The fourth-order valence-electron chi connectivity index (χ4n) is 2.99. The Bertz CT molecular complexity index is 905. The van der Waals surface area contributed by atoms with E-state index < -0.39 is 16.8 Å². The molecule has 27 heavy (non-hydrogen) atoms. The third-order valence-electron chi connectivity index (χ3n) is 4.40. The fourth-order valence-corrected chi connectivity index (χ4v) is 2.99. The van der Waals surface area contributed by atoms with Crippen LogP contribution in [0.3, 0.4) is 0 Å². The summed E-state index contributed by atoms with van der Waals surface area (Å²) in [5.74, 6) is -0.632. The van der Waals surface area contributed by atoms with Crippen molar-refractivity contribution in [2.45, 2.75) is 19.3 Å². The van der Waals surface area contributed by atoms with E-state index >= 15 is 0 Å². The molecular weight excluding hydrogens is 354 g/mol. The summed E-state index contributed by atoms with van der Waals surface area (Å²) < 4.78 is 15.6. The number of esters is 1. The lowest BCUT2D eigenvalue weighted by Crippen LogP contribution is -2.17. The molecule has 0 saturated carbocycles. The summed E-state index contributed by atoms with van der Waals surface area (Å²) >= 11 is 0. The molecule has 0 N–H and O–H groups in total. The van der Waals surface area contributed by atoms with E-state index in [2.05, 4.69) is 0 Å². The zero-order valence-corrected chi connectivity index (χ0v) is 14.8. The molecule has 2 aromatic rings. The number of benzene rings is 2. The van der Waals surface area contributed by atoms with Gasteiger partial charge in [-0.1, -0.05) is 6.92 Å². The van der Waals surface area contributed by atoms with Crippen molar-refractivity contribution in [2.75, 3.05) is 13.9 Å². The van der Waals surface area contributed by atoms with Gasteiger partial charge in [-0.25, -0.2) is 0 Å². The number of ether oxygens (including phenoxy) is 3. The van der Waals surface area contributed by atoms with Crippen LogP contribution in [-0.4, -0.2) is 30.6 Å². The van der Waals surface area contributed by atoms with Crippen molar-refractivity contribution in [1.29, 1.82) is 0 Å². The normalized spacial score (nSPS) is 13.1. The average molecular weight is 371 g/mol. The van der Waals surface area contributed by atoms with Crippen LogP contribution in [-0.2, 0) is 9.53 Å². The minimum absolute atomic E-state index is 0.0268. The van der Waals surface area contributed by atoms with Crippen LogP contribution >= 0.6 is 0 Å². The Balaban J connectivity index is 2.08. The quantitative estimate of drug-likeness (QED) is 0.332. The van der Waals surface area contributed by atoms with Gasteiger partial charge in [-0.15, -0.1) is 0 Å². The number of hydrogen-bond donors (Lipinski definition) is 0. The molecule has 1 atom stereocenters. The van der Waals surface area contributed by atoms with Gasteiger partial charge in [0.05, 0.1) is 18.0 Å². The van der Waals surface area contributed by atoms with E-state index in [0.29, 0.717) is 23.5 Å². The van der Waals surface area contributed by atoms with Crippen LogP contribution in [0.25, 0.3) is 0 Å². The molecule has 0 aliphatic carbocycles. The predicted octanol–water partition coefficient (Wildman–Crippen LogP) is 3.22. The second-order valence-electron chi connectivity index (χ2n) is 5.91. The first-order valence-electron chi connectivity index (χ1n) is 8.26. The highest BCUT2D eigenvalue weighted by Gasteiger charge is 2.29. The Hall–Kier alpha value is -3.42. The van der Waals surface area contributed by atoms with Crippen molar-refractivity contribution in [3.05, 3.63) is 63.2 Å². The molecule has 2 aromatic carbocycles. The Kier molecular flexibility index (Phi) is 5.07.